The largest absolute Gasteiger partial charge is 0.356 e. The third kappa shape index (κ3) is 1.64. The van der Waals surface area contributed by atoms with Gasteiger partial charge in [-0.3, -0.25) is 4.57 Å². The van der Waals surface area contributed by atoms with Crippen molar-refractivity contribution >= 4 is 12.9 Å². The first-order chi connectivity index (χ1) is 8.48. The molecule has 0 bridgehead atoms. The Hall–Kier alpha value is -1.41. The summed E-state index contributed by atoms with van der Waals surface area (Å²) in [6, 6.07) is 11.7. The van der Waals surface area contributed by atoms with Gasteiger partial charge in [-0.05, 0) is 41.2 Å². The molecule has 2 N–H and O–H groups in total. The summed E-state index contributed by atoms with van der Waals surface area (Å²) >= 11 is 0. The van der Waals surface area contributed by atoms with Crippen molar-refractivity contribution in [2.45, 2.75) is 13.3 Å². The summed E-state index contributed by atoms with van der Waals surface area (Å²) in [5.41, 5.74) is 4.61. The summed E-state index contributed by atoms with van der Waals surface area (Å²) < 4.78 is 11.7. The summed E-state index contributed by atoms with van der Waals surface area (Å²) in [5, 5.41) is 0.205. The first kappa shape index (κ1) is 11.7. The van der Waals surface area contributed by atoms with Crippen LogP contribution < -0.4 is 5.30 Å². The van der Waals surface area contributed by atoms with Crippen LogP contribution in [0.3, 0.4) is 0 Å². The molecular formula is C14H13O3P. The van der Waals surface area contributed by atoms with Crippen LogP contribution in [0.5, 0.6) is 0 Å². The third-order valence-electron chi connectivity index (χ3n) is 3.45. The van der Waals surface area contributed by atoms with Crippen molar-refractivity contribution < 1.29 is 14.4 Å². The van der Waals surface area contributed by atoms with Crippen LogP contribution in [0.4, 0.5) is 0 Å². The molecule has 0 heterocycles. The van der Waals surface area contributed by atoms with Crippen molar-refractivity contribution in [3.63, 3.8) is 0 Å². The molecule has 92 valence electrons. The van der Waals surface area contributed by atoms with Crippen LogP contribution in [-0.2, 0) is 11.0 Å². The molecule has 18 heavy (non-hydrogen) atoms. The number of hydrogen-bond donors (Lipinski definition) is 2. The zero-order valence-electron chi connectivity index (χ0n) is 9.92. The first-order valence-electron chi connectivity index (χ1n) is 5.75. The lowest BCUT2D eigenvalue weighted by Gasteiger charge is -2.13. The lowest BCUT2D eigenvalue weighted by atomic mass is 10.0. The number of hydrogen-bond acceptors (Lipinski definition) is 1. The molecule has 1 aliphatic rings. The quantitative estimate of drug-likeness (QED) is 0.660. The van der Waals surface area contributed by atoms with Crippen LogP contribution in [0.2, 0.25) is 0 Å². The highest BCUT2D eigenvalue weighted by Crippen LogP contribution is 2.43. The number of aryl methyl sites for hydroxylation is 1. The highest BCUT2D eigenvalue weighted by atomic mass is 31.2. The van der Waals surface area contributed by atoms with E-state index >= 15 is 0 Å². The van der Waals surface area contributed by atoms with E-state index in [0.717, 1.165) is 22.3 Å². The van der Waals surface area contributed by atoms with Crippen molar-refractivity contribution in [3.8, 4) is 11.1 Å². The molecule has 0 aromatic heterocycles. The molecule has 4 heteroatoms. The smallest absolute Gasteiger partial charge is 0.321 e. The molecule has 0 saturated carbocycles. The Bertz CT molecular complexity index is 685. The second-order valence-corrected chi connectivity index (χ2v) is 6.17. The van der Waals surface area contributed by atoms with Gasteiger partial charge in [0, 0.05) is 0 Å². The maximum Gasteiger partial charge on any atom is 0.356 e. The molecule has 1 aliphatic carbocycles. The number of rotatable bonds is 1. The summed E-state index contributed by atoms with van der Waals surface area (Å²) in [6.45, 7) is 1.75. The molecule has 0 unspecified atom stereocenters. The van der Waals surface area contributed by atoms with E-state index in [2.05, 4.69) is 0 Å². The van der Waals surface area contributed by atoms with Crippen molar-refractivity contribution in [1.82, 2.24) is 0 Å². The Labute approximate surface area is 105 Å². The van der Waals surface area contributed by atoms with E-state index in [9.17, 15) is 14.4 Å². The Kier molecular flexibility index (Phi) is 2.46. The Balaban J connectivity index is 2.33. The molecular weight excluding hydrogens is 247 g/mol. The van der Waals surface area contributed by atoms with Gasteiger partial charge in [0.2, 0.25) is 0 Å². The molecule has 0 saturated heterocycles. The van der Waals surface area contributed by atoms with Gasteiger partial charge < -0.3 is 9.79 Å². The van der Waals surface area contributed by atoms with Crippen molar-refractivity contribution in [2.75, 3.05) is 0 Å². The highest BCUT2D eigenvalue weighted by Gasteiger charge is 2.30. The van der Waals surface area contributed by atoms with E-state index in [1.165, 1.54) is 0 Å². The SMILES string of the molecule is Cc1ccc2c(c1P(=O)(O)O)Cc1ccccc1-2. The van der Waals surface area contributed by atoms with Crippen molar-refractivity contribution in [1.29, 1.82) is 0 Å². The average Bonchev–Trinajstić information content (AvgIpc) is 2.64. The van der Waals surface area contributed by atoms with Crippen LogP contribution in [0.1, 0.15) is 16.7 Å². The minimum atomic E-state index is -4.23. The van der Waals surface area contributed by atoms with Crippen molar-refractivity contribution in [2.24, 2.45) is 0 Å². The van der Waals surface area contributed by atoms with E-state index in [1.54, 1.807) is 13.0 Å². The number of fused-ring (bicyclic) bond motifs is 3. The minimum Gasteiger partial charge on any atom is -0.321 e. The molecule has 0 amide bonds. The van der Waals surface area contributed by atoms with E-state index in [1.807, 2.05) is 30.3 Å². The predicted molar refractivity (Wildman–Crippen MR) is 71.1 cm³/mol. The van der Waals surface area contributed by atoms with Gasteiger partial charge >= 0.3 is 7.60 Å². The minimum absolute atomic E-state index is 0.205. The fraction of sp³-hybridized carbons (Fsp3) is 0.143. The van der Waals surface area contributed by atoms with Gasteiger partial charge in [0.05, 0.1) is 5.30 Å². The zero-order chi connectivity index (χ0) is 12.9. The van der Waals surface area contributed by atoms with Gasteiger partial charge in [0.15, 0.2) is 0 Å². The van der Waals surface area contributed by atoms with E-state index < -0.39 is 7.60 Å². The van der Waals surface area contributed by atoms with Crippen LogP contribution >= 0.6 is 7.60 Å². The van der Waals surface area contributed by atoms with E-state index in [-0.39, 0.29) is 5.30 Å². The van der Waals surface area contributed by atoms with Crippen LogP contribution in [0.25, 0.3) is 11.1 Å². The fourth-order valence-electron chi connectivity index (χ4n) is 2.72. The maximum absolute atomic E-state index is 11.7. The summed E-state index contributed by atoms with van der Waals surface area (Å²) in [6.07, 6.45) is 0.605. The van der Waals surface area contributed by atoms with Crippen molar-refractivity contribution in [3.05, 3.63) is 53.1 Å². The van der Waals surface area contributed by atoms with Crippen LogP contribution in [0.15, 0.2) is 36.4 Å². The molecule has 0 spiro atoms. The summed E-state index contributed by atoms with van der Waals surface area (Å²) in [4.78, 5) is 19.0. The molecule has 2 aromatic rings. The predicted octanol–water partition coefficient (Wildman–Crippen LogP) is 2.37. The van der Waals surface area contributed by atoms with Gasteiger partial charge in [0.25, 0.3) is 0 Å². The van der Waals surface area contributed by atoms with Gasteiger partial charge in [-0.15, -0.1) is 0 Å². The third-order valence-corrected chi connectivity index (χ3v) is 4.66. The van der Waals surface area contributed by atoms with E-state index in [0.29, 0.717) is 12.0 Å². The Morgan fingerprint density at radius 2 is 1.78 bits per heavy atom. The zero-order valence-corrected chi connectivity index (χ0v) is 10.8. The molecule has 0 atom stereocenters. The fourth-order valence-corrected chi connectivity index (χ4v) is 3.80. The average molecular weight is 260 g/mol. The van der Waals surface area contributed by atoms with Gasteiger partial charge in [-0.2, -0.15) is 0 Å². The van der Waals surface area contributed by atoms with Gasteiger partial charge in [0.1, 0.15) is 0 Å². The standard InChI is InChI=1S/C14H13O3P/c1-9-6-7-12-11-5-3-2-4-10(11)8-13(12)14(9)18(15,16)17/h2-7H,8H2,1H3,(H2,15,16,17). The summed E-state index contributed by atoms with van der Waals surface area (Å²) in [5.74, 6) is 0. The summed E-state index contributed by atoms with van der Waals surface area (Å²) in [7, 11) is -4.23. The second-order valence-electron chi connectivity index (χ2n) is 4.64. The molecule has 0 radical (unpaired) electrons. The monoisotopic (exact) mass is 260 g/mol. The molecule has 0 fully saturated rings. The topological polar surface area (TPSA) is 57.5 Å². The molecule has 0 aliphatic heterocycles. The highest BCUT2D eigenvalue weighted by molar-refractivity contribution is 7.60. The first-order valence-corrected chi connectivity index (χ1v) is 7.36. The Morgan fingerprint density at radius 1 is 1.06 bits per heavy atom. The van der Waals surface area contributed by atoms with Gasteiger partial charge in [-0.25, -0.2) is 0 Å². The van der Waals surface area contributed by atoms with Gasteiger partial charge in [-0.1, -0.05) is 36.4 Å². The lowest BCUT2D eigenvalue weighted by molar-refractivity contribution is 0.387. The molecule has 2 aromatic carbocycles. The van der Waals surface area contributed by atoms with E-state index in [4.69, 9.17) is 0 Å². The van der Waals surface area contributed by atoms with Crippen LogP contribution in [0, 0.1) is 6.92 Å². The number of benzene rings is 2. The van der Waals surface area contributed by atoms with Crippen LogP contribution in [-0.4, -0.2) is 9.79 Å². The second kappa shape index (κ2) is 3.79. The Morgan fingerprint density at radius 3 is 2.50 bits per heavy atom. The molecule has 3 nitrogen and oxygen atoms in total. The lowest BCUT2D eigenvalue weighted by Crippen LogP contribution is -2.14. The normalized spacial score (nSPS) is 13.3. The maximum atomic E-state index is 11.7. The molecule has 3 rings (SSSR count).